The van der Waals surface area contributed by atoms with Crippen LogP contribution in [0.1, 0.15) is 17.0 Å². The molecule has 0 aliphatic carbocycles. The Morgan fingerprint density at radius 3 is 3.07 bits per heavy atom. The Balaban J connectivity index is 1.30. The maximum Gasteiger partial charge on any atom is 0.257 e. The summed E-state index contributed by atoms with van der Waals surface area (Å²) in [5.74, 6) is 0.571. The highest BCUT2D eigenvalue weighted by Gasteiger charge is 2.20. The fraction of sp³-hybridized carbons (Fsp3) is 0.286. The van der Waals surface area contributed by atoms with Gasteiger partial charge in [-0.2, -0.15) is 0 Å². The quantitative estimate of drug-likeness (QED) is 0.615. The molecule has 0 bridgehead atoms. The average Bonchev–Trinajstić information content (AvgIpc) is 3.35. The van der Waals surface area contributed by atoms with Crippen molar-refractivity contribution >= 4 is 28.3 Å². The van der Waals surface area contributed by atoms with Gasteiger partial charge < -0.3 is 9.42 Å². The summed E-state index contributed by atoms with van der Waals surface area (Å²) in [7, 11) is 0. The molecule has 2 aliphatic heterocycles. The number of hydrogen-bond donors (Lipinski definition) is 0. The molecular formula is C21H19FN4O2S. The van der Waals surface area contributed by atoms with Crippen molar-refractivity contribution in [1.82, 2.24) is 19.6 Å². The third-order valence-corrected chi connectivity index (χ3v) is 6.30. The SMILES string of the molecule is Cc1nc2n(c(=O)c1CCN1C=CC(c3noc4cc(F)ccc34)=CC1)CCS2. The second kappa shape index (κ2) is 7.18. The van der Waals surface area contributed by atoms with Crippen LogP contribution in [0.4, 0.5) is 4.39 Å². The zero-order chi connectivity index (χ0) is 20.0. The number of fused-ring (bicyclic) bond motifs is 2. The summed E-state index contributed by atoms with van der Waals surface area (Å²) in [5, 5.41) is 5.73. The Kier molecular flexibility index (Phi) is 4.50. The second-order valence-corrected chi connectivity index (χ2v) is 8.22. The van der Waals surface area contributed by atoms with E-state index in [1.165, 1.54) is 12.1 Å². The highest BCUT2D eigenvalue weighted by atomic mass is 32.2. The molecule has 0 spiro atoms. The molecule has 0 saturated carbocycles. The summed E-state index contributed by atoms with van der Waals surface area (Å²) in [6, 6.07) is 4.44. The van der Waals surface area contributed by atoms with Crippen LogP contribution in [0.25, 0.3) is 16.5 Å². The van der Waals surface area contributed by atoms with Crippen LogP contribution in [0.2, 0.25) is 0 Å². The molecule has 2 aromatic heterocycles. The molecular weight excluding hydrogens is 391 g/mol. The maximum atomic E-state index is 13.3. The van der Waals surface area contributed by atoms with Gasteiger partial charge in [-0.15, -0.1) is 0 Å². The molecule has 8 heteroatoms. The van der Waals surface area contributed by atoms with Crippen molar-refractivity contribution in [3.8, 4) is 0 Å². The van der Waals surface area contributed by atoms with Crippen molar-refractivity contribution in [2.24, 2.45) is 0 Å². The van der Waals surface area contributed by atoms with Crippen molar-refractivity contribution in [3.63, 3.8) is 0 Å². The highest BCUT2D eigenvalue weighted by Crippen LogP contribution is 2.27. The molecule has 0 unspecified atom stereocenters. The first-order chi connectivity index (χ1) is 14.1. The number of nitrogens with zero attached hydrogens (tertiary/aromatic N) is 4. The van der Waals surface area contributed by atoms with Gasteiger partial charge in [-0.05, 0) is 31.6 Å². The van der Waals surface area contributed by atoms with Crippen molar-refractivity contribution < 1.29 is 8.91 Å². The number of aryl methyl sites for hydroxylation is 1. The van der Waals surface area contributed by atoms with Crippen LogP contribution >= 0.6 is 11.8 Å². The number of hydrogen-bond acceptors (Lipinski definition) is 6. The van der Waals surface area contributed by atoms with Crippen molar-refractivity contribution in [2.45, 2.75) is 25.0 Å². The van der Waals surface area contributed by atoms with Gasteiger partial charge in [-0.1, -0.05) is 23.0 Å². The summed E-state index contributed by atoms with van der Waals surface area (Å²) < 4.78 is 20.4. The normalized spacial score (nSPS) is 15.8. The molecule has 6 nitrogen and oxygen atoms in total. The van der Waals surface area contributed by atoms with E-state index in [4.69, 9.17) is 4.52 Å². The molecule has 4 heterocycles. The van der Waals surface area contributed by atoms with Crippen molar-refractivity contribution in [3.05, 3.63) is 69.7 Å². The van der Waals surface area contributed by atoms with E-state index < -0.39 is 0 Å². The smallest absolute Gasteiger partial charge is 0.257 e. The lowest BCUT2D eigenvalue weighted by Crippen LogP contribution is -2.29. The third kappa shape index (κ3) is 3.27. The van der Waals surface area contributed by atoms with E-state index in [0.29, 0.717) is 24.2 Å². The number of thioether (sulfide) groups is 1. The lowest BCUT2D eigenvalue weighted by atomic mass is 10.1. The van der Waals surface area contributed by atoms with Gasteiger partial charge in [-0.25, -0.2) is 9.37 Å². The zero-order valence-electron chi connectivity index (χ0n) is 15.9. The summed E-state index contributed by atoms with van der Waals surface area (Å²) in [6.07, 6.45) is 6.70. The Morgan fingerprint density at radius 2 is 2.24 bits per heavy atom. The molecule has 0 atom stereocenters. The van der Waals surface area contributed by atoms with E-state index in [1.807, 2.05) is 19.2 Å². The molecule has 1 aromatic carbocycles. The first-order valence-electron chi connectivity index (χ1n) is 9.51. The molecule has 2 aliphatic rings. The molecule has 3 aromatic rings. The van der Waals surface area contributed by atoms with Crippen LogP contribution in [0.15, 0.2) is 51.0 Å². The Morgan fingerprint density at radius 1 is 1.34 bits per heavy atom. The fourth-order valence-corrected chi connectivity index (χ4v) is 4.73. The van der Waals surface area contributed by atoms with E-state index in [1.54, 1.807) is 22.4 Å². The maximum absolute atomic E-state index is 13.3. The summed E-state index contributed by atoms with van der Waals surface area (Å²) in [5.41, 5.74) is 3.81. The molecule has 0 amide bonds. The van der Waals surface area contributed by atoms with Crippen LogP contribution < -0.4 is 5.56 Å². The first-order valence-corrected chi connectivity index (χ1v) is 10.5. The monoisotopic (exact) mass is 410 g/mol. The van der Waals surface area contributed by atoms with E-state index in [-0.39, 0.29) is 11.4 Å². The van der Waals surface area contributed by atoms with E-state index in [0.717, 1.165) is 46.2 Å². The lowest BCUT2D eigenvalue weighted by Gasteiger charge is -2.22. The second-order valence-electron chi connectivity index (χ2n) is 7.16. The molecule has 0 saturated heterocycles. The molecule has 29 heavy (non-hydrogen) atoms. The standard InChI is InChI=1S/C21H19FN4O2S/c1-13-16(20(27)26-10-11-29-21(26)23-13)6-9-25-7-4-14(5-8-25)19-17-3-2-15(22)12-18(17)28-24-19/h2-5,7,12H,6,8-11H2,1H3. The number of halogens is 1. The largest absolute Gasteiger partial charge is 0.373 e. The van der Waals surface area contributed by atoms with Gasteiger partial charge in [0.1, 0.15) is 11.5 Å². The zero-order valence-corrected chi connectivity index (χ0v) is 16.7. The number of allylic oxidation sites excluding steroid dienone is 2. The van der Waals surface area contributed by atoms with Gasteiger partial charge in [0, 0.05) is 59.9 Å². The predicted molar refractivity (Wildman–Crippen MR) is 110 cm³/mol. The van der Waals surface area contributed by atoms with Crippen LogP contribution in [0.5, 0.6) is 0 Å². The van der Waals surface area contributed by atoms with Gasteiger partial charge in [0.2, 0.25) is 0 Å². The summed E-state index contributed by atoms with van der Waals surface area (Å²) >= 11 is 1.64. The highest BCUT2D eigenvalue weighted by molar-refractivity contribution is 7.99. The van der Waals surface area contributed by atoms with Crippen LogP contribution in [0, 0.1) is 12.7 Å². The van der Waals surface area contributed by atoms with Crippen LogP contribution in [-0.4, -0.2) is 38.5 Å². The summed E-state index contributed by atoms with van der Waals surface area (Å²) in [4.78, 5) is 19.5. The topological polar surface area (TPSA) is 64.2 Å². The van der Waals surface area contributed by atoms with E-state index in [9.17, 15) is 9.18 Å². The molecule has 148 valence electrons. The Hall–Kier alpha value is -2.87. The van der Waals surface area contributed by atoms with Gasteiger partial charge in [0.25, 0.3) is 5.56 Å². The van der Waals surface area contributed by atoms with Gasteiger partial charge >= 0.3 is 0 Å². The minimum absolute atomic E-state index is 0.0935. The fourth-order valence-electron chi connectivity index (χ4n) is 3.75. The van der Waals surface area contributed by atoms with E-state index in [2.05, 4.69) is 21.1 Å². The van der Waals surface area contributed by atoms with Gasteiger partial charge in [0.15, 0.2) is 10.7 Å². The minimum atomic E-state index is -0.342. The molecule has 5 rings (SSSR count). The van der Waals surface area contributed by atoms with Gasteiger partial charge in [-0.3, -0.25) is 9.36 Å². The predicted octanol–water partition coefficient (Wildman–Crippen LogP) is 3.39. The van der Waals surface area contributed by atoms with Crippen LogP contribution in [0.3, 0.4) is 0 Å². The van der Waals surface area contributed by atoms with Crippen LogP contribution in [-0.2, 0) is 13.0 Å². The lowest BCUT2D eigenvalue weighted by molar-refractivity contribution is 0.414. The number of benzene rings is 1. The van der Waals surface area contributed by atoms with E-state index >= 15 is 0 Å². The first kappa shape index (κ1) is 18.2. The van der Waals surface area contributed by atoms with Gasteiger partial charge in [0.05, 0.1) is 0 Å². The van der Waals surface area contributed by atoms with Crippen molar-refractivity contribution in [2.75, 3.05) is 18.8 Å². The average molecular weight is 410 g/mol. The minimum Gasteiger partial charge on any atom is -0.373 e. The third-order valence-electron chi connectivity index (χ3n) is 5.35. The Labute approximate surface area is 170 Å². The Bertz CT molecular complexity index is 1230. The number of rotatable bonds is 4. The number of aromatic nitrogens is 3. The molecule has 0 N–H and O–H groups in total. The molecule has 0 fully saturated rings. The molecule has 0 radical (unpaired) electrons. The van der Waals surface area contributed by atoms with Crippen molar-refractivity contribution in [1.29, 1.82) is 0 Å². The summed E-state index contributed by atoms with van der Waals surface area (Å²) in [6.45, 7) is 4.09.